The second kappa shape index (κ2) is 8.35. The highest BCUT2D eigenvalue weighted by molar-refractivity contribution is 9.09. The minimum Gasteiger partial charge on any atom is -0.311 e. The number of aromatic nitrogens is 6. The molecule has 4 rings (SSSR count). The summed E-state index contributed by atoms with van der Waals surface area (Å²) in [5, 5.41) is 13.6. The Morgan fingerprint density at radius 1 is 1.17 bits per heavy atom. The van der Waals surface area contributed by atoms with E-state index < -0.39 is 0 Å². The number of halogens is 1. The Kier molecular flexibility index (Phi) is 5.63. The van der Waals surface area contributed by atoms with Crippen molar-refractivity contribution in [3.63, 3.8) is 0 Å². The summed E-state index contributed by atoms with van der Waals surface area (Å²) < 4.78 is 3.45. The number of hydrogen-bond donors (Lipinski definition) is 1. The highest BCUT2D eigenvalue weighted by Crippen LogP contribution is 2.26. The normalized spacial score (nSPS) is 11.2. The van der Waals surface area contributed by atoms with Gasteiger partial charge in [-0.2, -0.15) is 14.9 Å². The second-order valence-corrected chi connectivity index (χ2v) is 7.93. The molecule has 0 aliphatic carbocycles. The van der Waals surface area contributed by atoms with Crippen LogP contribution in [0.25, 0.3) is 22.5 Å². The third-order valence-corrected chi connectivity index (χ3v) is 5.55. The zero-order valence-electron chi connectivity index (χ0n) is 17.1. The molecular formula is C21H22BrN7O. The van der Waals surface area contributed by atoms with Crippen molar-refractivity contribution in [3.8, 4) is 11.5 Å². The summed E-state index contributed by atoms with van der Waals surface area (Å²) in [5.74, 6) is 1.08. The number of carbonyl (C=O) groups excluding carboxylic acids is 1. The number of alkyl halides is 1. The number of benzene rings is 1. The lowest BCUT2D eigenvalue weighted by molar-refractivity contribution is -0.116. The molecule has 0 radical (unpaired) electrons. The number of anilines is 1. The highest BCUT2D eigenvalue weighted by atomic mass is 79.9. The molecular weight excluding hydrogens is 446 g/mol. The summed E-state index contributed by atoms with van der Waals surface area (Å²) in [6.45, 7) is 6.02. The van der Waals surface area contributed by atoms with Crippen molar-refractivity contribution in [2.75, 3.05) is 10.6 Å². The zero-order chi connectivity index (χ0) is 21.3. The molecule has 0 spiro atoms. The molecule has 0 saturated carbocycles. The van der Waals surface area contributed by atoms with E-state index in [1.807, 2.05) is 29.8 Å². The molecule has 0 bridgehead atoms. The first-order valence-electron chi connectivity index (χ1n) is 9.67. The number of rotatable bonds is 6. The van der Waals surface area contributed by atoms with Gasteiger partial charge >= 0.3 is 0 Å². The predicted octanol–water partition coefficient (Wildman–Crippen LogP) is 4.04. The molecule has 154 valence electrons. The number of nitrogens with one attached hydrogen (secondary N) is 1. The minimum atomic E-state index is -0.0630. The van der Waals surface area contributed by atoms with Gasteiger partial charge in [-0.25, -0.2) is 14.6 Å². The van der Waals surface area contributed by atoms with Gasteiger partial charge in [-0.05, 0) is 44.4 Å². The Hall–Kier alpha value is -3.07. The van der Waals surface area contributed by atoms with Crippen molar-refractivity contribution >= 4 is 38.7 Å². The van der Waals surface area contributed by atoms with Gasteiger partial charge in [0.05, 0.1) is 23.0 Å². The monoisotopic (exact) mass is 467 g/mol. The third kappa shape index (κ3) is 3.72. The van der Waals surface area contributed by atoms with Crippen LogP contribution in [0.5, 0.6) is 0 Å². The standard InChI is InChI=1S/C21H22BrN7O/c1-13-6-4-7-17(15(13)3)28-20-16(11-25-28)21(24-12-23-20)29-18(10-14(2)27-29)26-19(30)8-5-9-22/h4,6-7,10-12H,5,8-9H2,1-3H3,(H,26,30). The lowest BCUT2D eigenvalue weighted by Gasteiger charge is -2.10. The van der Waals surface area contributed by atoms with E-state index in [0.717, 1.165) is 34.1 Å². The first-order chi connectivity index (χ1) is 14.5. The van der Waals surface area contributed by atoms with Gasteiger partial charge < -0.3 is 5.32 Å². The molecule has 30 heavy (non-hydrogen) atoms. The van der Waals surface area contributed by atoms with Gasteiger partial charge in [0.2, 0.25) is 5.91 Å². The Balaban J connectivity index is 1.80. The van der Waals surface area contributed by atoms with Gasteiger partial charge in [0.1, 0.15) is 12.1 Å². The smallest absolute Gasteiger partial charge is 0.225 e. The molecule has 0 aliphatic rings. The molecule has 0 fully saturated rings. The van der Waals surface area contributed by atoms with Crippen LogP contribution < -0.4 is 5.32 Å². The average Bonchev–Trinajstić information content (AvgIpc) is 3.31. The first-order valence-corrected chi connectivity index (χ1v) is 10.8. The molecule has 0 saturated heterocycles. The number of fused-ring (bicyclic) bond motifs is 1. The Labute approximate surface area is 182 Å². The topological polar surface area (TPSA) is 90.5 Å². The maximum absolute atomic E-state index is 12.3. The molecule has 8 nitrogen and oxygen atoms in total. The van der Waals surface area contributed by atoms with E-state index in [9.17, 15) is 4.79 Å². The Bertz CT molecular complexity index is 1230. The number of nitrogens with zero attached hydrogens (tertiary/aromatic N) is 6. The van der Waals surface area contributed by atoms with Gasteiger partial charge in [0.15, 0.2) is 11.5 Å². The maximum atomic E-state index is 12.3. The summed E-state index contributed by atoms with van der Waals surface area (Å²) in [7, 11) is 0. The molecule has 0 atom stereocenters. The van der Waals surface area contributed by atoms with Crippen molar-refractivity contribution in [1.82, 2.24) is 29.5 Å². The number of amides is 1. The summed E-state index contributed by atoms with van der Waals surface area (Å²) in [4.78, 5) is 21.2. The van der Waals surface area contributed by atoms with Crippen molar-refractivity contribution in [3.05, 3.63) is 53.6 Å². The van der Waals surface area contributed by atoms with Crippen LogP contribution >= 0.6 is 15.9 Å². The van der Waals surface area contributed by atoms with Crippen molar-refractivity contribution < 1.29 is 4.79 Å². The second-order valence-electron chi connectivity index (χ2n) is 7.13. The van der Waals surface area contributed by atoms with E-state index in [1.165, 1.54) is 11.9 Å². The molecule has 4 aromatic rings. The molecule has 3 aromatic heterocycles. The van der Waals surface area contributed by atoms with E-state index in [-0.39, 0.29) is 5.91 Å². The number of hydrogen-bond acceptors (Lipinski definition) is 5. The van der Waals surface area contributed by atoms with Gasteiger partial charge in [0, 0.05) is 17.8 Å². The summed E-state index contributed by atoms with van der Waals surface area (Å²) >= 11 is 3.35. The number of aryl methyl sites for hydroxylation is 2. The summed E-state index contributed by atoms with van der Waals surface area (Å²) in [6, 6.07) is 7.92. The van der Waals surface area contributed by atoms with E-state index >= 15 is 0 Å². The molecule has 0 aliphatic heterocycles. The van der Waals surface area contributed by atoms with Crippen LogP contribution in [0.3, 0.4) is 0 Å². The summed E-state index contributed by atoms with van der Waals surface area (Å²) in [6.07, 6.45) is 4.42. The fraction of sp³-hybridized carbons (Fsp3) is 0.286. The lowest BCUT2D eigenvalue weighted by atomic mass is 10.1. The van der Waals surface area contributed by atoms with Crippen LogP contribution in [-0.4, -0.2) is 40.8 Å². The van der Waals surface area contributed by atoms with E-state index in [1.54, 1.807) is 10.9 Å². The fourth-order valence-electron chi connectivity index (χ4n) is 3.32. The van der Waals surface area contributed by atoms with Crippen molar-refractivity contribution in [1.29, 1.82) is 0 Å². The fourth-order valence-corrected chi connectivity index (χ4v) is 3.60. The lowest BCUT2D eigenvalue weighted by Crippen LogP contribution is -2.15. The number of carbonyl (C=O) groups is 1. The molecule has 3 heterocycles. The zero-order valence-corrected chi connectivity index (χ0v) is 18.6. The van der Waals surface area contributed by atoms with Crippen molar-refractivity contribution in [2.24, 2.45) is 0 Å². The third-order valence-electron chi connectivity index (χ3n) is 4.99. The molecule has 1 aromatic carbocycles. The predicted molar refractivity (Wildman–Crippen MR) is 120 cm³/mol. The van der Waals surface area contributed by atoms with Gasteiger partial charge in [-0.3, -0.25) is 4.79 Å². The average molecular weight is 468 g/mol. The molecule has 0 unspecified atom stereocenters. The van der Waals surface area contributed by atoms with Gasteiger partial charge in [-0.1, -0.05) is 28.1 Å². The highest BCUT2D eigenvalue weighted by Gasteiger charge is 2.18. The van der Waals surface area contributed by atoms with Crippen LogP contribution in [0.15, 0.2) is 36.8 Å². The molecule has 1 amide bonds. The Morgan fingerprint density at radius 2 is 2.00 bits per heavy atom. The van der Waals surface area contributed by atoms with Crippen LogP contribution in [0.1, 0.15) is 29.7 Å². The molecule has 1 N–H and O–H groups in total. The quantitative estimate of drug-likeness (QED) is 0.432. The minimum absolute atomic E-state index is 0.0630. The van der Waals surface area contributed by atoms with Crippen LogP contribution in [0, 0.1) is 20.8 Å². The van der Waals surface area contributed by atoms with Gasteiger partial charge in [0.25, 0.3) is 0 Å². The first kappa shape index (κ1) is 20.2. The van der Waals surface area contributed by atoms with Crippen LogP contribution in [-0.2, 0) is 4.79 Å². The largest absolute Gasteiger partial charge is 0.311 e. The van der Waals surface area contributed by atoms with Gasteiger partial charge in [-0.15, -0.1) is 0 Å². The van der Waals surface area contributed by atoms with Crippen molar-refractivity contribution in [2.45, 2.75) is 33.6 Å². The van der Waals surface area contributed by atoms with E-state index in [2.05, 4.69) is 61.3 Å². The van der Waals surface area contributed by atoms with E-state index in [4.69, 9.17) is 0 Å². The summed E-state index contributed by atoms with van der Waals surface area (Å²) in [5.41, 5.74) is 4.74. The van der Waals surface area contributed by atoms with E-state index in [0.29, 0.717) is 23.7 Å². The molecule has 9 heteroatoms. The van der Waals surface area contributed by atoms with Crippen LogP contribution in [0.2, 0.25) is 0 Å². The maximum Gasteiger partial charge on any atom is 0.225 e. The Morgan fingerprint density at radius 3 is 2.80 bits per heavy atom. The SMILES string of the molecule is Cc1cc(NC(=O)CCCBr)n(-c2ncnc3c2cnn3-c2cccc(C)c2C)n1. The van der Waals surface area contributed by atoms with Crippen LogP contribution in [0.4, 0.5) is 5.82 Å².